The highest BCUT2D eigenvalue weighted by molar-refractivity contribution is 4.94. The van der Waals surface area contributed by atoms with E-state index in [2.05, 4.69) is 32.6 Å². The highest BCUT2D eigenvalue weighted by Gasteiger charge is 2.37. The second-order valence-electron chi connectivity index (χ2n) is 6.28. The van der Waals surface area contributed by atoms with Gasteiger partial charge >= 0.3 is 0 Å². The molecule has 0 radical (unpaired) electrons. The summed E-state index contributed by atoms with van der Waals surface area (Å²) in [5, 5.41) is 0. The minimum Gasteiger partial charge on any atom is -0.379 e. The Hall–Kier alpha value is -0.120. The van der Waals surface area contributed by atoms with Gasteiger partial charge in [0.05, 0.1) is 12.1 Å². The molecule has 3 nitrogen and oxygen atoms in total. The van der Waals surface area contributed by atoms with Gasteiger partial charge in [0.25, 0.3) is 0 Å². The predicted octanol–water partition coefficient (Wildman–Crippen LogP) is 2.11. The van der Waals surface area contributed by atoms with Gasteiger partial charge in [0, 0.05) is 26.2 Å². The summed E-state index contributed by atoms with van der Waals surface area (Å²) in [7, 11) is 0. The molecule has 0 aliphatic carbocycles. The molecule has 0 aromatic heterocycles. The predicted molar refractivity (Wildman–Crippen MR) is 73.1 cm³/mol. The van der Waals surface area contributed by atoms with E-state index in [4.69, 9.17) is 10.5 Å². The highest BCUT2D eigenvalue weighted by atomic mass is 16.5. The van der Waals surface area contributed by atoms with Gasteiger partial charge in [-0.05, 0) is 24.7 Å². The van der Waals surface area contributed by atoms with Crippen LogP contribution >= 0.6 is 0 Å². The zero-order valence-electron chi connectivity index (χ0n) is 12.0. The van der Waals surface area contributed by atoms with E-state index in [0.717, 1.165) is 32.7 Å². The zero-order valence-corrected chi connectivity index (χ0v) is 12.0. The summed E-state index contributed by atoms with van der Waals surface area (Å²) in [5.41, 5.74) is 6.16. The summed E-state index contributed by atoms with van der Waals surface area (Å²) in [4.78, 5) is 2.58. The maximum Gasteiger partial charge on any atom is 0.0662 e. The summed E-state index contributed by atoms with van der Waals surface area (Å²) >= 11 is 0. The van der Waals surface area contributed by atoms with Gasteiger partial charge in [-0.3, -0.25) is 4.90 Å². The Balaban J connectivity index is 2.75. The molecule has 3 heteroatoms. The summed E-state index contributed by atoms with van der Waals surface area (Å²) in [6.07, 6.45) is 2.33. The van der Waals surface area contributed by atoms with E-state index in [9.17, 15) is 0 Å². The van der Waals surface area contributed by atoms with Crippen molar-refractivity contribution in [2.24, 2.45) is 17.6 Å². The van der Waals surface area contributed by atoms with E-state index in [1.54, 1.807) is 0 Å². The second kappa shape index (κ2) is 6.72. The van der Waals surface area contributed by atoms with Crippen LogP contribution in [0.3, 0.4) is 0 Å². The van der Waals surface area contributed by atoms with Crippen LogP contribution in [0.25, 0.3) is 0 Å². The Kier molecular flexibility index (Phi) is 5.90. The van der Waals surface area contributed by atoms with Gasteiger partial charge < -0.3 is 10.5 Å². The molecule has 2 N–H and O–H groups in total. The van der Waals surface area contributed by atoms with E-state index in [0.29, 0.717) is 18.4 Å². The van der Waals surface area contributed by atoms with Crippen molar-refractivity contribution in [3.05, 3.63) is 0 Å². The van der Waals surface area contributed by atoms with Crippen LogP contribution in [0.4, 0.5) is 0 Å². The van der Waals surface area contributed by atoms with E-state index in [1.807, 2.05) is 0 Å². The van der Waals surface area contributed by atoms with Gasteiger partial charge in [-0.15, -0.1) is 0 Å². The molecule has 0 aromatic rings. The number of hydrogen-bond acceptors (Lipinski definition) is 3. The summed E-state index contributed by atoms with van der Waals surface area (Å²) in [6, 6.07) is 0. The molecule has 17 heavy (non-hydrogen) atoms. The lowest BCUT2D eigenvalue weighted by molar-refractivity contribution is -0.0532. The van der Waals surface area contributed by atoms with Crippen molar-refractivity contribution in [1.82, 2.24) is 4.90 Å². The van der Waals surface area contributed by atoms with Crippen molar-refractivity contribution in [1.29, 1.82) is 0 Å². The highest BCUT2D eigenvalue weighted by Crippen LogP contribution is 2.27. The number of ether oxygens (including phenoxy) is 1. The van der Waals surface area contributed by atoms with Crippen LogP contribution in [-0.4, -0.2) is 43.3 Å². The van der Waals surface area contributed by atoms with Gasteiger partial charge in [0.2, 0.25) is 0 Å². The van der Waals surface area contributed by atoms with Crippen LogP contribution in [0.15, 0.2) is 0 Å². The zero-order chi connectivity index (χ0) is 12.9. The third-order valence-electron chi connectivity index (χ3n) is 3.52. The molecule has 0 spiro atoms. The summed E-state index contributed by atoms with van der Waals surface area (Å²) < 4.78 is 5.70. The Bertz CT molecular complexity index is 200. The maximum atomic E-state index is 6.07. The fourth-order valence-corrected chi connectivity index (χ4v) is 2.72. The average molecular weight is 242 g/mol. The minimum atomic E-state index is 0.0901. The Morgan fingerprint density at radius 2 is 1.76 bits per heavy atom. The van der Waals surface area contributed by atoms with Crippen molar-refractivity contribution in [2.75, 3.05) is 32.8 Å². The van der Waals surface area contributed by atoms with Crippen molar-refractivity contribution in [3.8, 4) is 0 Å². The second-order valence-corrected chi connectivity index (χ2v) is 6.28. The number of nitrogens with two attached hydrogens (primary N) is 1. The largest absolute Gasteiger partial charge is 0.379 e. The molecule has 1 fully saturated rings. The first-order valence-corrected chi connectivity index (χ1v) is 7.03. The van der Waals surface area contributed by atoms with Gasteiger partial charge in [0.1, 0.15) is 0 Å². The molecule has 0 saturated carbocycles. The molecule has 1 aliphatic rings. The Morgan fingerprint density at radius 1 is 1.18 bits per heavy atom. The van der Waals surface area contributed by atoms with Gasteiger partial charge in [-0.2, -0.15) is 0 Å². The first-order chi connectivity index (χ1) is 8.00. The van der Waals surface area contributed by atoms with Crippen LogP contribution in [0.5, 0.6) is 0 Å². The molecule has 0 aromatic carbocycles. The lowest BCUT2D eigenvalue weighted by Crippen LogP contribution is -2.60. The van der Waals surface area contributed by atoms with Crippen molar-refractivity contribution in [3.63, 3.8) is 0 Å². The molecule has 102 valence electrons. The van der Waals surface area contributed by atoms with Crippen LogP contribution in [0, 0.1) is 11.8 Å². The third kappa shape index (κ3) is 4.23. The molecular weight excluding hydrogens is 212 g/mol. The van der Waals surface area contributed by atoms with Crippen molar-refractivity contribution < 1.29 is 4.74 Å². The van der Waals surface area contributed by atoms with Gasteiger partial charge in [0.15, 0.2) is 0 Å². The Morgan fingerprint density at radius 3 is 2.12 bits per heavy atom. The molecule has 0 amide bonds. The van der Waals surface area contributed by atoms with Crippen LogP contribution < -0.4 is 5.73 Å². The van der Waals surface area contributed by atoms with E-state index in [-0.39, 0.29) is 5.54 Å². The average Bonchev–Trinajstić information content (AvgIpc) is 2.28. The summed E-state index contributed by atoms with van der Waals surface area (Å²) in [6.45, 7) is 13.8. The third-order valence-corrected chi connectivity index (χ3v) is 3.52. The number of hydrogen-bond donors (Lipinski definition) is 1. The van der Waals surface area contributed by atoms with Gasteiger partial charge in [-0.1, -0.05) is 27.7 Å². The van der Waals surface area contributed by atoms with Gasteiger partial charge in [-0.25, -0.2) is 0 Å². The first kappa shape index (κ1) is 14.9. The normalized spacial score (nSPS) is 26.1. The number of nitrogens with zero attached hydrogens (tertiary/aromatic N) is 1. The number of rotatable bonds is 6. The quantitative estimate of drug-likeness (QED) is 0.775. The van der Waals surface area contributed by atoms with E-state index >= 15 is 0 Å². The van der Waals surface area contributed by atoms with E-state index in [1.165, 1.54) is 6.42 Å². The molecule has 1 heterocycles. The fourth-order valence-electron chi connectivity index (χ4n) is 2.72. The van der Waals surface area contributed by atoms with Crippen LogP contribution in [0.2, 0.25) is 0 Å². The van der Waals surface area contributed by atoms with E-state index < -0.39 is 0 Å². The summed E-state index contributed by atoms with van der Waals surface area (Å²) in [5.74, 6) is 1.36. The topological polar surface area (TPSA) is 38.5 Å². The fraction of sp³-hybridized carbons (Fsp3) is 1.00. The molecule has 1 rings (SSSR count). The van der Waals surface area contributed by atoms with Crippen molar-refractivity contribution >= 4 is 0 Å². The first-order valence-electron chi connectivity index (χ1n) is 7.03. The molecular formula is C14H30N2O. The molecule has 1 saturated heterocycles. The van der Waals surface area contributed by atoms with Crippen molar-refractivity contribution in [2.45, 2.75) is 46.1 Å². The lowest BCUT2D eigenvalue weighted by Gasteiger charge is -2.47. The smallest absolute Gasteiger partial charge is 0.0662 e. The lowest BCUT2D eigenvalue weighted by atomic mass is 9.88. The van der Waals surface area contributed by atoms with Crippen LogP contribution in [0.1, 0.15) is 40.5 Å². The Labute approximate surface area is 107 Å². The maximum absolute atomic E-state index is 6.07. The van der Waals surface area contributed by atoms with Crippen LogP contribution in [-0.2, 0) is 4.74 Å². The SMILES string of the molecule is CC(C)CN(CC(C)C)C1(CN)CCCOC1. The molecule has 0 bridgehead atoms. The molecule has 1 unspecified atom stereocenters. The monoisotopic (exact) mass is 242 g/mol. The molecule has 1 atom stereocenters. The molecule has 1 aliphatic heterocycles. The minimum absolute atomic E-state index is 0.0901. The standard InChI is InChI=1S/C14H30N2O/c1-12(2)8-16(9-13(3)4)14(10-15)6-5-7-17-11-14/h12-13H,5-11,15H2,1-4H3.